The zero-order valence-electron chi connectivity index (χ0n) is 11.5. The predicted octanol–water partition coefficient (Wildman–Crippen LogP) is 1.29. The lowest BCUT2D eigenvalue weighted by Crippen LogP contribution is -2.56. The molecule has 1 fully saturated rings. The highest BCUT2D eigenvalue weighted by molar-refractivity contribution is 5.82. The van der Waals surface area contributed by atoms with E-state index in [1.54, 1.807) is 0 Å². The third-order valence-corrected chi connectivity index (χ3v) is 3.78. The van der Waals surface area contributed by atoms with Crippen molar-refractivity contribution in [1.82, 2.24) is 10.2 Å². The minimum Gasteiger partial charge on any atom is -0.353 e. The van der Waals surface area contributed by atoms with Gasteiger partial charge in [0, 0.05) is 19.1 Å². The number of piperazine rings is 1. The van der Waals surface area contributed by atoms with Crippen LogP contribution in [0.15, 0.2) is 30.3 Å². The summed E-state index contributed by atoms with van der Waals surface area (Å²) < 4.78 is 0. The van der Waals surface area contributed by atoms with Gasteiger partial charge in [0.05, 0.1) is 6.04 Å². The Morgan fingerprint density at radius 3 is 2.79 bits per heavy atom. The highest BCUT2D eigenvalue weighted by Crippen LogP contribution is 2.27. The van der Waals surface area contributed by atoms with Gasteiger partial charge >= 0.3 is 0 Å². The van der Waals surface area contributed by atoms with Gasteiger partial charge in [-0.05, 0) is 24.9 Å². The first-order chi connectivity index (χ1) is 9.27. The molecule has 4 heteroatoms. The van der Waals surface area contributed by atoms with Gasteiger partial charge in [-0.3, -0.25) is 9.69 Å². The Kier molecular flexibility index (Phi) is 4.93. The number of nitrogens with two attached hydrogens (primary N) is 1. The van der Waals surface area contributed by atoms with E-state index in [0.29, 0.717) is 6.54 Å². The molecule has 2 unspecified atom stereocenters. The van der Waals surface area contributed by atoms with Gasteiger partial charge in [-0.1, -0.05) is 37.3 Å². The third kappa shape index (κ3) is 3.14. The fourth-order valence-electron chi connectivity index (χ4n) is 2.88. The number of hydrogen-bond donors (Lipinski definition) is 2. The lowest BCUT2D eigenvalue weighted by atomic mass is 9.97. The second-order valence-corrected chi connectivity index (χ2v) is 4.96. The van der Waals surface area contributed by atoms with Gasteiger partial charge in [0.25, 0.3) is 0 Å². The molecule has 1 aromatic carbocycles. The molecule has 1 saturated heterocycles. The quantitative estimate of drug-likeness (QED) is 0.839. The number of rotatable bonds is 5. The van der Waals surface area contributed by atoms with Gasteiger partial charge in [0.15, 0.2) is 0 Å². The van der Waals surface area contributed by atoms with Crippen molar-refractivity contribution in [3.05, 3.63) is 35.9 Å². The minimum absolute atomic E-state index is 0.0366. The van der Waals surface area contributed by atoms with Crippen LogP contribution in [0.4, 0.5) is 0 Å². The molecule has 19 heavy (non-hydrogen) atoms. The van der Waals surface area contributed by atoms with E-state index in [1.165, 1.54) is 5.56 Å². The van der Waals surface area contributed by atoms with E-state index < -0.39 is 0 Å². The average Bonchev–Trinajstić information content (AvgIpc) is 2.45. The monoisotopic (exact) mass is 261 g/mol. The van der Waals surface area contributed by atoms with Crippen LogP contribution >= 0.6 is 0 Å². The number of benzene rings is 1. The fourth-order valence-corrected chi connectivity index (χ4v) is 2.88. The molecular formula is C15H23N3O. The third-order valence-electron chi connectivity index (χ3n) is 3.78. The summed E-state index contributed by atoms with van der Waals surface area (Å²) in [6.07, 6.45) is 1.72. The number of hydrogen-bond acceptors (Lipinski definition) is 3. The van der Waals surface area contributed by atoms with Crippen LogP contribution in [0.1, 0.15) is 31.4 Å². The SMILES string of the molecule is CCC1C(=O)NCCN1C(CCN)c1ccccc1. The Balaban J connectivity index is 2.24. The van der Waals surface area contributed by atoms with E-state index in [9.17, 15) is 4.79 Å². The molecule has 0 saturated carbocycles. The smallest absolute Gasteiger partial charge is 0.237 e. The van der Waals surface area contributed by atoms with Crippen molar-refractivity contribution in [2.24, 2.45) is 5.73 Å². The first-order valence-electron chi connectivity index (χ1n) is 7.06. The number of nitrogens with one attached hydrogen (secondary N) is 1. The topological polar surface area (TPSA) is 58.4 Å². The molecule has 0 radical (unpaired) electrons. The maximum atomic E-state index is 12.0. The van der Waals surface area contributed by atoms with Gasteiger partial charge in [-0.25, -0.2) is 0 Å². The number of nitrogens with zero attached hydrogens (tertiary/aromatic N) is 1. The predicted molar refractivity (Wildman–Crippen MR) is 76.6 cm³/mol. The van der Waals surface area contributed by atoms with Crippen molar-refractivity contribution >= 4 is 5.91 Å². The van der Waals surface area contributed by atoms with E-state index >= 15 is 0 Å². The van der Waals surface area contributed by atoms with Crippen molar-refractivity contribution in [3.63, 3.8) is 0 Å². The first-order valence-corrected chi connectivity index (χ1v) is 7.06. The van der Waals surface area contributed by atoms with Gasteiger partial charge in [-0.15, -0.1) is 0 Å². The van der Waals surface area contributed by atoms with Crippen molar-refractivity contribution in [2.75, 3.05) is 19.6 Å². The fraction of sp³-hybridized carbons (Fsp3) is 0.533. The average molecular weight is 261 g/mol. The molecule has 0 aromatic heterocycles. The van der Waals surface area contributed by atoms with Crippen molar-refractivity contribution in [3.8, 4) is 0 Å². The molecule has 1 aliphatic heterocycles. The number of amides is 1. The van der Waals surface area contributed by atoms with Crippen LogP contribution in [0.3, 0.4) is 0 Å². The second-order valence-electron chi connectivity index (χ2n) is 4.96. The molecule has 2 atom stereocenters. The summed E-state index contributed by atoms with van der Waals surface area (Å²) in [5.41, 5.74) is 7.02. The van der Waals surface area contributed by atoms with Crippen LogP contribution in [0.25, 0.3) is 0 Å². The molecule has 1 aliphatic rings. The lowest BCUT2D eigenvalue weighted by molar-refractivity contribution is -0.130. The van der Waals surface area contributed by atoms with Gasteiger partial charge in [-0.2, -0.15) is 0 Å². The van der Waals surface area contributed by atoms with Crippen molar-refractivity contribution < 1.29 is 4.79 Å². The molecule has 1 heterocycles. The Bertz CT molecular complexity index is 407. The molecular weight excluding hydrogens is 238 g/mol. The van der Waals surface area contributed by atoms with Gasteiger partial charge in [0.1, 0.15) is 0 Å². The van der Waals surface area contributed by atoms with Crippen molar-refractivity contribution in [1.29, 1.82) is 0 Å². The lowest BCUT2D eigenvalue weighted by Gasteiger charge is -2.40. The van der Waals surface area contributed by atoms with Gasteiger partial charge < -0.3 is 11.1 Å². The molecule has 0 aliphatic carbocycles. The molecule has 3 N–H and O–H groups in total. The summed E-state index contributed by atoms with van der Waals surface area (Å²) in [5.74, 6) is 0.145. The molecule has 4 nitrogen and oxygen atoms in total. The second kappa shape index (κ2) is 6.68. The van der Waals surface area contributed by atoms with E-state index in [4.69, 9.17) is 5.73 Å². The van der Waals surface area contributed by atoms with Crippen LogP contribution in [-0.4, -0.2) is 36.5 Å². The van der Waals surface area contributed by atoms with Crippen molar-refractivity contribution in [2.45, 2.75) is 31.8 Å². The summed E-state index contributed by atoms with van der Waals surface area (Å²) in [4.78, 5) is 14.3. The Hall–Kier alpha value is -1.39. The summed E-state index contributed by atoms with van der Waals surface area (Å²) in [7, 11) is 0. The Labute approximate surface area is 115 Å². The highest BCUT2D eigenvalue weighted by Gasteiger charge is 2.33. The summed E-state index contributed by atoms with van der Waals surface area (Å²) in [5, 5.41) is 2.95. The Morgan fingerprint density at radius 2 is 2.16 bits per heavy atom. The first kappa shape index (κ1) is 14.0. The molecule has 2 rings (SSSR count). The van der Waals surface area contributed by atoms with Crippen LogP contribution in [0.2, 0.25) is 0 Å². The van der Waals surface area contributed by atoms with E-state index in [-0.39, 0.29) is 18.0 Å². The zero-order chi connectivity index (χ0) is 13.7. The molecule has 0 spiro atoms. The maximum absolute atomic E-state index is 12.0. The van der Waals surface area contributed by atoms with E-state index in [0.717, 1.165) is 25.9 Å². The Morgan fingerprint density at radius 1 is 1.42 bits per heavy atom. The highest BCUT2D eigenvalue weighted by atomic mass is 16.2. The molecule has 104 valence electrons. The standard InChI is InChI=1S/C15H23N3O/c1-2-13-15(19)17-10-11-18(13)14(8-9-16)12-6-4-3-5-7-12/h3-7,13-14H,2,8-11,16H2,1H3,(H,17,19). The van der Waals surface area contributed by atoms with Crippen LogP contribution < -0.4 is 11.1 Å². The van der Waals surface area contributed by atoms with E-state index in [1.807, 2.05) is 18.2 Å². The summed E-state index contributed by atoms with van der Waals surface area (Å²) >= 11 is 0. The molecule has 1 amide bonds. The molecule has 0 bridgehead atoms. The summed E-state index contributed by atoms with van der Waals surface area (Å²) in [6.45, 7) is 4.31. The zero-order valence-corrected chi connectivity index (χ0v) is 11.5. The minimum atomic E-state index is -0.0366. The van der Waals surface area contributed by atoms with E-state index in [2.05, 4.69) is 29.3 Å². The maximum Gasteiger partial charge on any atom is 0.237 e. The van der Waals surface area contributed by atoms with Crippen LogP contribution in [0, 0.1) is 0 Å². The van der Waals surface area contributed by atoms with Gasteiger partial charge in [0.2, 0.25) is 5.91 Å². The number of carbonyl (C=O) groups excluding carboxylic acids is 1. The van der Waals surface area contributed by atoms with Crippen LogP contribution in [0.5, 0.6) is 0 Å². The normalized spacial score (nSPS) is 22.0. The molecule has 1 aromatic rings. The van der Waals surface area contributed by atoms with Crippen LogP contribution in [-0.2, 0) is 4.79 Å². The summed E-state index contributed by atoms with van der Waals surface area (Å²) in [6, 6.07) is 10.6. The largest absolute Gasteiger partial charge is 0.353 e. The number of carbonyl (C=O) groups is 1.